The fourth-order valence-electron chi connectivity index (χ4n) is 1.44. The monoisotopic (exact) mass is 205 g/mol. The van der Waals surface area contributed by atoms with Crippen molar-refractivity contribution in [3.05, 3.63) is 24.1 Å². The highest BCUT2D eigenvalue weighted by Gasteiger charge is 1.83. The van der Waals surface area contributed by atoms with Gasteiger partial charge in [-0.2, -0.15) is 0 Å². The Morgan fingerprint density at radius 3 is 1.60 bits per heavy atom. The van der Waals surface area contributed by atoms with E-state index in [9.17, 15) is 0 Å². The van der Waals surface area contributed by atoms with Crippen LogP contribution < -0.4 is 0 Å². The summed E-state index contributed by atoms with van der Waals surface area (Å²) in [7, 11) is 2.15. The summed E-state index contributed by atoms with van der Waals surface area (Å²) in [6, 6.07) is 0. The second-order valence-corrected chi connectivity index (χ2v) is 4.04. The average molecular weight is 205 g/mol. The second-order valence-electron chi connectivity index (χ2n) is 4.04. The van der Waals surface area contributed by atoms with Crippen molar-refractivity contribution < 1.29 is 0 Å². The van der Waals surface area contributed by atoms with Gasteiger partial charge in [-0.3, -0.25) is 0 Å². The minimum atomic E-state index is 1.23. The average Bonchev–Trinajstić information content (AvgIpc) is 2.26. The lowest BCUT2D eigenvalue weighted by atomic mass is 9.78. The number of hydrogen-bond donors (Lipinski definition) is 0. The van der Waals surface area contributed by atoms with Crippen LogP contribution in [0.1, 0.15) is 65.2 Å². The van der Waals surface area contributed by atoms with Crippen molar-refractivity contribution in [2.45, 2.75) is 65.2 Å². The molecule has 0 fully saturated rings. The molecule has 0 saturated carbocycles. The quantitative estimate of drug-likeness (QED) is 0.352. The Hall–Kier alpha value is -0.455. The van der Waals surface area contributed by atoms with Gasteiger partial charge in [0, 0.05) is 0 Å². The normalized spacial score (nSPS) is 11.6. The van der Waals surface area contributed by atoms with Crippen molar-refractivity contribution in [3.63, 3.8) is 0 Å². The molecule has 0 aliphatic heterocycles. The number of unbranched alkanes of at least 4 members (excludes halogenated alkanes) is 6. The summed E-state index contributed by atoms with van der Waals surface area (Å²) in [6.45, 7) is 4.49. The minimum Gasteiger partial charge on any atom is -0.121 e. The van der Waals surface area contributed by atoms with E-state index in [1.165, 1.54) is 51.4 Å². The maximum atomic E-state index is 2.27. The maximum Gasteiger partial charge on any atom is 0.170 e. The molecule has 1 heteroatoms. The predicted molar refractivity (Wildman–Crippen MR) is 72.3 cm³/mol. The van der Waals surface area contributed by atoms with E-state index in [1.807, 2.05) is 0 Å². The van der Waals surface area contributed by atoms with Crippen LogP contribution >= 0.6 is 0 Å². The van der Waals surface area contributed by atoms with Crippen LogP contribution in [0.4, 0.5) is 0 Å². The van der Waals surface area contributed by atoms with Gasteiger partial charge in [0.15, 0.2) is 7.28 Å². The molecule has 0 aliphatic carbocycles. The topological polar surface area (TPSA) is 0 Å². The standard InChI is InChI=1S/C14H26B/c1-3-5-7-9-11-13-15-14-12-10-8-6-4-2/h11-14H,3-10H2,1-2H3/b13-11+,14-12+. The maximum absolute atomic E-state index is 2.27. The lowest BCUT2D eigenvalue weighted by Crippen LogP contribution is -1.78. The summed E-state index contributed by atoms with van der Waals surface area (Å²) in [6.07, 6.45) is 15.0. The molecular formula is C14H26B. The molecule has 0 heterocycles. The molecule has 0 aromatic heterocycles. The van der Waals surface area contributed by atoms with Crippen molar-refractivity contribution in [1.29, 1.82) is 0 Å². The first-order chi connectivity index (χ1) is 7.41. The van der Waals surface area contributed by atoms with Crippen LogP contribution in [0.5, 0.6) is 0 Å². The van der Waals surface area contributed by atoms with Crippen molar-refractivity contribution in [2.75, 3.05) is 0 Å². The Labute approximate surface area is 97.1 Å². The van der Waals surface area contributed by atoms with E-state index in [-0.39, 0.29) is 0 Å². The van der Waals surface area contributed by atoms with Gasteiger partial charge in [0.05, 0.1) is 0 Å². The molecule has 15 heavy (non-hydrogen) atoms. The van der Waals surface area contributed by atoms with E-state index in [2.05, 4.69) is 45.2 Å². The van der Waals surface area contributed by atoms with Gasteiger partial charge in [-0.25, -0.2) is 0 Å². The summed E-state index contributed by atoms with van der Waals surface area (Å²) < 4.78 is 0. The van der Waals surface area contributed by atoms with Gasteiger partial charge in [0.2, 0.25) is 0 Å². The van der Waals surface area contributed by atoms with Crippen molar-refractivity contribution in [2.24, 2.45) is 0 Å². The molecule has 0 spiro atoms. The van der Waals surface area contributed by atoms with Crippen LogP contribution in [0, 0.1) is 0 Å². The third-order valence-corrected chi connectivity index (χ3v) is 2.44. The number of hydrogen-bond acceptors (Lipinski definition) is 0. The molecule has 0 N–H and O–H groups in total. The van der Waals surface area contributed by atoms with Gasteiger partial charge >= 0.3 is 0 Å². The molecule has 0 atom stereocenters. The van der Waals surface area contributed by atoms with Crippen molar-refractivity contribution in [3.8, 4) is 0 Å². The van der Waals surface area contributed by atoms with E-state index in [4.69, 9.17) is 0 Å². The van der Waals surface area contributed by atoms with Crippen LogP contribution in [-0.2, 0) is 0 Å². The summed E-state index contributed by atoms with van der Waals surface area (Å²) >= 11 is 0. The summed E-state index contributed by atoms with van der Waals surface area (Å²) in [4.78, 5) is 0. The van der Waals surface area contributed by atoms with Gasteiger partial charge in [-0.1, -0.05) is 51.7 Å². The summed E-state index contributed by atoms with van der Waals surface area (Å²) in [5, 5.41) is 0. The van der Waals surface area contributed by atoms with Crippen molar-refractivity contribution >= 4 is 7.28 Å². The minimum absolute atomic E-state index is 1.23. The lowest BCUT2D eigenvalue weighted by Gasteiger charge is -1.91. The molecule has 0 amide bonds. The molecule has 1 radical (unpaired) electrons. The largest absolute Gasteiger partial charge is 0.170 e. The smallest absolute Gasteiger partial charge is 0.121 e. The molecule has 0 saturated heterocycles. The SMILES string of the molecule is CCCCC/C=C/[B]/C=C/CCCCC. The van der Waals surface area contributed by atoms with Gasteiger partial charge in [-0.05, 0) is 25.7 Å². The third kappa shape index (κ3) is 13.5. The zero-order valence-electron chi connectivity index (χ0n) is 10.5. The Morgan fingerprint density at radius 2 is 1.20 bits per heavy atom. The Balaban J connectivity index is 3.14. The number of allylic oxidation sites excluding steroid dienone is 2. The Morgan fingerprint density at radius 1 is 0.733 bits per heavy atom. The molecule has 0 aromatic carbocycles. The van der Waals surface area contributed by atoms with Crippen LogP contribution in [-0.4, -0.2) is 7.28 Å². The molecular weight excluding hydrogens is 179 g/mol. The Bertz CT molecular complexity index is 141. The summed E-state index contributed by atoms with van der Waals surface area (Å²) in [5.74, 6) is 4.35. The zero-order valence-corrected chi connectivity index (χ0v) is 10.5. The van der Waals surface area contributed by atoms with Gasteiger partial charge in [-0.15, -0.1) is 12.0 Å². The van der Waals surface area contributed by atoms with E-state index in [0.29, 0.717) is 0 Å². The predicted octanol–water partition coefficient (Wildman–Crippen LogP) is 4.88. The highest BCUT2D eigenvalue weighted by Crippen LogP contribution is 2.00. The van der Waals surface area contributed by atoms with E-state index in [0.717, 1.165) is 0 Å². The summed E-state index contributed by atoms with van der Waals surface area (Å²) in [5.41, 5.74) is 0. The molecule has 0 aliphatic rings. The van der Waals surface area contributed by atoms with Gasteiger partial charge in [0.25, 0.3) is 0 Å². The molecule has 0 aromatic rings. The van der Waals surface area contributed by atoms with Gasteiger partial charge in [0.1, 0.15) is 0 Å². The molecule has 0 unspecified atom stereocenters. The highest BCUT2D eigenvalue weighted by molar-refractivity contribution is 6.48. The first-order valence-corrected chi connectivity index (χ1v) is 6.56. The van der Waals surface area contributed by atoms with Crippen LogP contribution in [0.3, 0.4) is 0 Å². The van der Waals surface area contributed by atoms with Crippen LogP contribution in [0.15, 0.2) is 24.1 Å². The molecule has 0 bridgehead atoms. The Kier molecular flexibility index (Phi) is 13.1. The molecule has 0 nitrogen and oxygen atoms in total. The van der Waals surface area contributed by atoms with E-state index < -0.39 is 0 Å². The lowest BCUT2D eigenvalue weighted by molar-refractivity contribution is 0.729. The number of rotatable bonds is 10. The first-order valence-electron chi connectivity index (χ1n) is 6.56. The first kappa shape index (κ1) is 14.5. The fourth-order valence-corrected chi connectivity index (χ4v) is 1.44. The zero-order chi connectivity index (χ0) is 11.2. The van der Waals surface area contributed by atoms with Crippen LogP contribution in [0.25, 0.3) is 0 Å². The van der Waals surface area contributed by atoms with E-state index in [1.54, 1.807) is 0 Å². The molecule has 0 rings (SSSR count). The van der Waals surface area contributed by atoms with Gasteiger partial charge < -0.3 is 0 Å². The third-order valence-electron chi connectivity index (χ3n) is 2.44. The van der Waals surface area contributed by atoms with Crippen molar-refractivity contribution in [1.82, 2.24) is 0 Å². The highest BCUT2D eigenvalue weighted by atomic mass is 13.9. The molecule has 85 valence electrons. The fraction of sp³-hybridized carbons (Fsp3) is 0.714. The van der Waals surface area contributed by atoms with Crippen LogP contribution in [0.2, 0.25) is 0 Å². The van der Waals surface area contributed by atoms with E-state index >= 15 is 0 Å². The second kappa shape index (κ2) is 13.5.